The van der Waals surface area contributed by atoms with Gasteiger partial charge in [-0.3, -0.25) is 9.36 Å². The third-order valence-corrected chi connectivity index (χ3v) is 5.61. The van der Waals surface area contributed by atoms with Crippen LogP contribution >= 0.6 is 11.6 Å². The first-order valence-corrected chi connectivity index (χ1v) is 11.4. The number of carbonyl (C=O) groups is 1. The molecule has 3 aromatic carbocycles. The molecular formula is C25H21ClF3N5O3. The standard InChI is InChI=1S/C25H21ClF3N5O3/c26-21-8-4-16(12-20(21)25(27,28)29)33-24(36)32-15-2-5-17(6-3-15)37-18-7-9-22-19(13-18)23(35)34(14-31-22)11-1-10-30/h2-9,12-14H,1,10-11,30H2,(H2,32,33,36). The summed E-state index contributed by atoms with van der Waals surface area (Å²) in [5.41, 5.74) is 5.12. The Labute approximate surface area is 213 Å². The van der Waals surface area contributed by atoms with Gasteiger partial charge in [-0.05, 0) is 73.6 Å². The van der Waals surface area contributed by atoms with E-state index in [1.54, 1.807) is 42.5 Å². The molecule has 0 saturated carbocycles. The summed E-state index contributed by atoms with van der Waals surface area (Å²) in [7, 11) is 0. The zero-order valence-corrected chi connectivity index (χ0v) is 19.9. The molecule has 0 radical (unpaired) electrons. The van der Waals surface area contributed by atoms with Gasteiger partial charge in [0, 0.05) is 17.9 Å². The summed E-state index contributed by atoms with van der Waals surface area (Å²) in [5, 5.41) is 4.81. The fraction of sp³-hybridized carbons (Fsp3) is 0.160. The molecule has 1 heterocycles. The number of benzene rings is 3. The minimum absolute atomic E-state index is 0.0675. The normalized spacial score (nSPS) is 11.4. The number of alkyl halides is 3. The fourth-order valence-electron chi connectivity index (χ4n) is 3.48. The number of nitrogens with zero attached hydrogens (tertiary/aromatic N) is 2. The molecule has 0 aliphatic heterocycles. The second-order valence-corrected chi connectivity index (χ2v) is 8.37. The summed E-state index contributed by atoms with van der Waals surface area (Å²) in [5.74, 6) is 0.856. The molecule has 4 aromatic rings. The van der Waals surface area contributed by atoms with E-state index in [1.165, 1.54) is 17.0 Å². The van der Waals surface area contributed by atoms with Crippen LogP contribution in [0.1, 0.15) is 12.0 Å². The molecule has 4 N–H and O–H groups in total. The molecule has 0 spiro atoms. The van der Waals surface area contributed by atoms with Crippen molar-refractivity contribution in [3.8, 4) is 11.5 Å². The second-order valence-electron chi connectivity index (χ2n) is 7.96. The largest absolute Gasteiger partial charge is 0.457 e. The number of hydrogen-bond acceptors (Lipinski definition) is 5. The van der Waals surface area contributed by atoms with Gasteiger partial charge in [0.05, 0.1) is 27.8 Å². The molecule has 1 aromatic heterocycles. The Bertz CT molecular complexity index is 1490. The number of urea groups is 1. The minimum Gasteiger partial charge on any atom is -0.457 e. The topological polar surface area (TPSA) is 111 Å². The number of hydrogen-bond donors (Lipinski definition) is 3. The lowest BCUT2D eigenvalue weighted by Gasteiger charge is -2.13. The minimum atomic E-state index is -4.65. The number of nitrogens with one attached hydrogen (secondary N) is 2. The Morgan fingerprint density at radius 2 is 1.68 bits per heavy atom. The van der Waals surface area contributed by atoms with Crippen LogP contribution in [0.2, 0.25) is 5.02 Å². The van der Waals surface area contributed by atoms with Crippen LogP contribution < -0.4 is 26.7 Å². The van der Waals surface area contributed by atoms with Crippen molar-refractivity contribution in [3.05, 3.63) is 87.9 Å². The number of aromatic nitrogens is 2. The number of halogens is 4. The quantitative estimate of drug-likeness (QED) is 0.277. The van der Waals surface area contributed by atoms with Crippen LogP contribution in [-0.4, -0.2) is 22.1 Å². The average Bonchev–Trinajstić information content (AvgIpc) is 2.85. The molecule has 192 valence electrons. The van der Waals surface area contributed by atoms with E-state index < -0.39 is 22.8 Å². The first-order valence-electron chi connectivity index (χ1n) is 11.1. The molecule has 8 nitrogen and oxygen atoms in total. The predicted molar refractivity (Wildman–Crippen MR) is 135 cm³/mol. The first kappa shape index (κ1) is 26.0. The van der Waals surface area contributed by atoms with E-state index in [9.17, 15) is 22.8 Å². The van der Waals surface area contributed by atoms with E-state index in [1.807, 2.05) is 0 Å². The van der Waals surface area contributed by atoms with E-state index in [4.69, 9.17) is 22.1 Å². The lowest BCUT2D eigenvalue weighted by molar-refractivity contribution is -0.137. The van der Waals surface area contributed by atoms with Crippen LogP contribution in [-0.2, 0) is 12.7 Å². The van der Waals surface area contributed by atoms with Crippen molar-refractivity contribution in [2.45, 2.75) is 19.1 Å². The number of anilines is 2. The average molecular weight is 532 g/mol. The van der Waals surface area contributed by atoms with Crippen LogP contribution in [0.4, 0.5) is 29.3 Å². The van der Waals surface area contributed by atoms with Crippen molar-refractivity contribution < 1.29 is 22.7 Å². The van der Waals surface area contributed by atoms with Gasteiger partial charge in [0.2, 0.25) is 0 Å². The molecule has 0 unspecified atom stereocenters. The van der Waals surface area contributed by atoms with Crippen molar-refractivity contribution in [1.29, 1.82) is 0 Å². The van der Waals surface area contributed by atoms with E-state index >= 15 is 0 Å². The molecular weight excluding hydrogens is 511 g/mol. The lowest BCUT2D eigenvalue weighted by Crippen LogP contribution is -2.21. The SMILES string of the molecule is NCCCn1cnc2ccc(Oc3ccc(NC(=O)Nc4ccc(Cl)c(C(F)(F)F)c4)cc3)cc2c1=O. The van der Waals surface area contributed by atoms with Crippen molar-refractivity contribution in [3.63, 3.8) is 0 Å². The third kappa shape index (κ3) is 6.38. The van der Waals surface area contributed by atoms with E-state index in [2.05, 4.69) is 15.6 Å². The van der Waals surface area contributed by atoms with Crippen LogP contribution in [0.25, 0.3) is 10.9 Å². The lowest BCUT2D eigenvalue weighted by atomic mass is 10.2. The number of amides is 2. The Hall–Kier alpha value is -4.09. The van der Waals surface area contributed by atoms with Crippen LogP contribution in [0.15, 0.2) is 71.8 Å². The number of nitrogens with two attached hydrogens (primary N) is 1. The maximum Gasteiger partial charge on any atom is 0.417 e. The highest BCUT2D eigenvalue weighted by atomic mass is 35.5. The maximum atomic E-state index is 13.0. The van der Waals surface area contributed by atoms with Gasteiger partial charge in [-0.1, -0.05) is 11.6 Å². The zero-order valence-electron chi connectivity index (χ0n) is 19.2. The van der Waals surface area contributed by atoms with Crippen LogP contribution in [0.5, 0.6) is 11.5 Å². The molecule has 4 rings (SSSR count). The smallest absolute Gasteiger partial charge is 0.417 e. The molecule has 0 atom stereocenters. The van der Waals surface area contributed by atoms with E-state index in [-0.39, 0.29) is 11.2 Å². The van der Waals surface area contributed by atoms with E-state index in [0.29, 0.717) is 47.6 Å². The number of carbonyl (C=O) groups excluding carboxylic acids is 1. The molecule has 12 heteroatoms. The van der Waals surface area contributed by atoms with Crippen molar-refractivity contribution in [2.24, 2.45) is 5.73 Å². The summed E-state index contributed by atoms with van der Waals surface area (Å²) in [4.78, 5) is 29.3. The molecule has 0 bridgehead atoms. The highest BCUT2D eigenvalue weighted by molar-refractivity contribution is 6.31. The summed E-state index contributed by atoms with van der Waals surface area (Å²) < 4.78 is 46.4. The van der Waals surface area contributed by atoms with Gasteiger partial charge < -0.3 is 21.1 Å². The number of rotatable bonds is 7. The maximum absolute atomic E-state index is 13.0. The van der Waals surface area contributed by atoms with Crippen molar-refractivity contribution >= 4 is 39.9 Å². The van der Waals surface area contributed by atoms with Gasteiger partial charge in [-0.2, -0.15) is 13.2 Å². The molecule has 2 amide bonds. The van der Waals surface area contributed by atoms with Crippen LogP contribution in [0, 0.1) is 0 Å². The number of ether oxygens (including phenoxy) is 1. The molecule has 37 heavy (non-hydrogen) atoms. The van der Waals surface area contributed by atoms with Gasteiger partial charge >= 0.3 is 12.2 Å². The third-order valence-electron chi connectivity index (χ3n) is 5.28. The van der Waals surface area contributed by atoms with E-state index in [0.717, 1.165) is 12.1 Å². The molecule has 0 fully saturated rings. The Morgan fingerprint density at radius 3 is 2.38 bits per heavy atom. The van der Waals surface area contributed by atoms with Crippen LogP contribution in [0.3, 0.4) is 0 Å². The predicted octanol–water partition coefficient (Wildman–Crippen LogP) is 5.85. The Kier molecular flexibility index (Phi) is 7.65. The summed E-state index contributed by atoms with van der Waals surface area (Å²) in [6.45, 7) is 0.924. The van der Waals surface area contributed by atoms with Crippen molar-refractivity contribution in [2.75, 3.05) is 17.2 Å². The zero-order chi connectivity index (χ0) is 26.6. The Morgan fingerprint density at radius 1 is 1.00 bits per heavy atom. The highest BCUT2D eigenvalue weighted by Gasteiger charge is 2.33. The molecule has 0 aliphatic rings. The van der Waals surface area contributed by atoms with Crippen molar-refractivity contribution in [1.82, 2.24) is 9.55 Å². The fourth-order valence-corrected chi connectivity index (χ4v) is 3.70. The van der Waals surface area contributed by atoms with Gasteiger partial charge in [0.15, 0.2) is 0 Å². The molecule has 0 aliphatic carbocycles. The Balaban J connectivity index is 1.42. The summed E-state index contributed by atoms with van der Waals surface area (Å²) in [6, 6.07) is 13.6. The first-order chi connectivity index (χ1) is 17.6. The monoisotopic (exact) mass is 531 g/mol. The summed E-state index contributed by atoms with van der Waals surface area (Å²) in [6.07, 6.45) is -2.51. The number of fused-ring (bicyclic) bond motifs is 1. The number of aryl methyl sites for hydroxylation is 1. The molecule has 0 saturated heterocycles. The summed E-state index contributed by atoms with van der Waals surface area (Å²) >= 11 is 5.60. The highest BCUT2D eigenvalue weighted by Crippen LogP contribution is 2.36. The second kappa shape index (κ2) is 10.9. The van der Waals surface area contributed by atoms with Gasteiger partial charge in [-0.25, -0.2) is 9.78 Å². The van der Waals surface area contributed by atoms with Gasteiger partial charge in [0.1, 0.15) is 11.5 Å². The van der Waals surface area contributed by atoms with Gasteiger partial charge in [-0.15, -0.1) is 0 Å². The van der Waals surface area contributed by atoms with Gasteiger partial charge in [0.25, 0.3) is 5.56 Å².